The molecule has 1 N–H and O–H groups in total. The fourth-order valence-corrected chi connectivity index (χ4v) is 1.16. The molecule has 0 fully saturated rings. The van der Waals surface area contributed by atoms with Gasteiger partial charge in [-0.15, -0.1) is 0 Å². The van der Waals surface area contributed by atoms with E-state index in [4.69, 9.17) is 0 Å². The van der Waals surface area contributed by atoms with Crippen LogP contribution in [0.3, 0.4) is 0 Å². The SMILES string of the molecule is CN(C)CCNC(=O)c1ccc(F)cc1F. The Labute approximate surface area is 93.1 Å². The summed E-state index contributed by atoms with van der Waals surface area (Å²) in [5.41, 5.74) is -0.139. The third kappa shape index (κ3) is 3.58. The molecule has 0 aromatic heterocycles. The van der Waals surface area contributed by atoms with Crippen LogP contribution in [-0.2, 0) is 0 Å². The average molecular weight is 228 g/mol. The maximum atomic E-state index is 13.2. The highest BCUT2D eigenvalue weighted by atomic mass is 19.1. The van der Waals surface area contributed by atoms with Crippen LogP contribution in [0.1, 0.15) is 10.4 Å². The highest BCUT2D eigenvalue weighted by Crippen LogP contribution is 2.08. The summed E-state index contributed by atoms with van der Waals surface area (Å²) in [6.45, 7) is 1.08. The van der Waals surface area contributed by atoms with Gasteiger partial charge >= 0.3 is 0 Å². The van der Waals surface area contributed by atoms with Gasteiger partial charge in [0.05, 0.1) is 5.56 Å². The summed E-state index contributed by atoms with van der Waals surface area (Å²) in [7, 11) is 3.73. The number of likely N-dealkylation sites (N-methyl/N-ethyl adjacent to an activating group) is 1. The fourth-order valence-electron chi connectivity index (χ4n) is 1.16. The molecule has 3 nitrogen and oxygen atoms in total. The van der Waals surface area contributed by atoms with Crippen molar-refractivity contribution in [2.45, 2.75) is 0 Å². The molecule has 0 heterocycles. The average Bonchev–Trinajstić information content (AvgIpc) is 2.16. The van der Waals surface area contributed by atoms with Crippen LogP contribution in [0.5, 0.6) is 0 Å². The van der Waals surface area contributed by atoms with Crippen LogP contribution in [0.15, 0.2) is 18.2 Å². The quantitative estimate of drug-likeness (QED) is 0.841. The van der Waals surface area contributed by atoms with Crippen molar-refractivity contribution in [1.82, 2.24) is 10.2 Å². The standard InChI is InChI=1S/C11H14F2N2O/c1-15(2)6-5-14-11(16)9-4-3-8(12)7-10(9)13/h3-4,7H,5-6H2,1-2H3,(H,14,16). The van der Waals surface area contributed by atoms with Gasteiger partial charge in [-0.3, -0.25) is 4.79 Å². The van der Waals surface area contributed by atoms with Crippen LogP contribution in [-0.4, -0.2) is 38.0 Å². The summed E-state index contributed by atoms with van der Waals surface area (Å²) < 4.78 is 25.8. The molecule has 16 heavy (non-hydrogen) atoms. The summed E-state index contributed by atoms with van der Waals surface area (Å²) in [5.74, 6) is -2.07. The minimum atomic E-state index is -0.845. The number of rotatable bonds is 4. The molecule has 88 valence electrons. The molecule has 0 aliphatic carbocycles. The van der Waals surface area contributed by atoms with Crippen molar-refractivity contribution < 1.29 is 13.6 Å². The van der Waals surface area contributed by atoms with E-state index >= 15 is 0 Å². The number of hydrogen-bond acceptors (Lipinski definition) is 2. The Hall–Kier alpha value is -1.49. The fraction of sp³-hybridized carbons (Fsp3) is 0.364. The zero-order valence-electron chi connectivity index (χ0n) is 9.26. The van der Waals surface area contributed by atoms with E-state index in [0.717, 1.165) is 12.1 Å². The third-order valence-electron chi connectivity index (χ3n) is 2.02. The van der Waals surface area contributed by atoms with Gasteiger partial charge in [0.25, 0.3) is 5.91 Å². The molecule has 0 aliphatic heterocycles. The lowest BCUT2D eigenvalue weighted by atomic mass is 10.2. The van der Waals surface area contributed by atoms with Crippen molar-refractivity contribution in [1.29, 1.82) is 0 Å². The smallest absolute Gasteiger partial charge is 0.254 e. The van der Waals surface area contributed by atoms with Gasteiger partial charge in [-0.2, -0.15) is 0 Å². The van der Waals surface area contributed by atoms with E-state index in [2.05, 4.69) is 5.32 Å². The molecule has 5 heteroatoms. The number of benzene rings is 1. The van der Waals surface area contributed by atoms with E-state index in [-0.39, 0.29) is 5.56 Å². The van der Waals surface area contributed by atoms with Crippen molar-refractivity contribution >= 4 is 5.91 Å². The highest BCUT2D eigenvalue weighted by molar-refractivity contribution is 5.94. The van der Waals surface area contributed by atoms with Gasteiger partial charge in [0.1, 0.15) is 11.6 Å². The van der Waals surface area contributed by atoms with Crippen LogP contribution >= 0.6 is 0 Å². The van der Waals surface area contributed by atoms with Gasteiger partial charge in [0.15, 0.2) is 0 Å². The van der Waals surface area contributed by atoms with Crippen LogP contribution in [0, 0.1) is 11.6 Å². The van der Waals surface area contributed by atoms with Crippen LogP contribution in [0.25, 0.3) is 0 Å². The number of nitrogens with one attached hydrogen (secondary N) is 1. The van der Waals surface area contributed by atoms with Gasteiger partial charge in [0.2, 0.25) is 0 Å². The molecule has 0 aliphatic rings. The van der Waals surface area contributed by atoms with Gasteiger partial charge in [-0.1, -0.05) is 0 Å². The minimum Gasteiger partial charge on any atom is -0.351 e. The van der Waals surface area contributed by atoms with E-state index in [9.17, 15) is 13.6 Å². The molecule has 1 aromatic carbocycles. The molecule has 0 saturated carbocycles. The van der Waals surface area contributed by atoms with E-state index in [1.807, 2.05) is 19.0 Å². The molecule has 0 atom stereocenters. The molecular formula is C11H14F2N2O. The second kappa shape index (κ2) is 5.55. The Kier molecular flexibility index (Phi) is 4.37. The molecule has 1 aromatic rings. The Morgan fingerprint density at radius 2 is 2.06 bits per heavy atom. The van der Waals surface area contributed by atoms with Crippen molar-refractivity contribution in [2.75, 3.05) is 27.2 Å². The Morgan fingerprint density at radius 3 is 2.62 bits per heavy atom. The molecule has 1 rings (SSSR count). The Balaban J connectivity index is 2.59. The first-order chi connectivity index (χ1) is 7.50. The van der Waals surface area contributed by atoms with E-state index in [0.29, 0.717) is 19.2 Å². The molecule has 0 saturated heterocycles. The zero-order chi connectivity index (χ0) is 12.1. The number of nitrogens with zero attached hydrogens (tertiary/aromatic N) is 1. The number of halogens is 2. The van der Waals surface area contributed by atoms with Gasteiger partial charge < -0.3 is 10.2 Å². The lowest BCUT2D eigenvalue weighted by molar-refractivity contribution is 0.0947. The lowest BCUT2D eigenvalue weighted by Crippen LogP contribution is -2.31. The van der Waals surface area contributed by atoms with E-state index in [1.54, 1.807) is 0 Å². The predicted octanol–water partition coefficient (Wildman–Crippen LogP) is 1.26. The predicted molar refractivity (Wildman–Crippen MR) is 57.2 cm³/mol. The summed E-state index contributed by atoms with van der Waals surface area (Å²) in [5, 5.41) is 2.55. The second-order valence-corrected chi connectivity index (χ2v) is 3.68. The molecule has 1 amide bonds. The van der Waals surface area contributed by atoms with E-state index < -0.39 is 17.5 Å². The number of carbonyl (C=O) groups excluding carboxylic acids is 1. The highest BCUT2D eigenvalue weighted by Gasteiger charge is 2.11. The number of amides is 1. The van der Waals surface area contributed by atoms with E-state index in [1.165, 1.54) is 0 Å². The summed E-state index contributed by atoms with van der Waals surface area (Å²) in [6.07, 6.45) is 0. The molecule has 0 unspecified atom stereocenters. The van der Waals surface area contributed by atoms with Gasteiger partial charge in [-0.25, -0.2) is 8.78 Å². The number of hydrogen-bond donors (Lipinski definition) is 1. The normalized spacial score (nSPS) is 10.6. The Bertz CT molecular complexity index is 380. The summed E-state index contributed by atoms with van der Waals surface area (Å²) >= 11 is 0. The second-order valence-electron chi connectivity index (χ2n) is 3.68. The monoisotopic (exact) mass is 228 g/mol. The maximum Gasteiger partial charge on any atom is 0.254 e. The van der Waals surface area contributed by atoms with Gasteiger partial charge in [0, 0.05) is 19.2 Å². The molecule has 0 radical (unpaired) electrons. The van der Waals surface area contributed by atoms with Crippen molar-refractivity contribution in [3.8, 4) is 0 Å². The van der Waals surface area contributed by atoms with Crippen LogP contribution in [0.4, 0.5) is 8.78 Å². The van der Waals surface area contributed by atoms with Crippen LogP contribution in [0.2, 0.25) is 0 Å². The van der Waals surface area contributed by atoms with Crippen LogP contribution < -0.4 is 5.32 Å². The first kappa shape index (κ1) is 12.6. The first-order valence-corrected chi connectivity index (χ1v) is 4.88. The zero-order valence-corrected chi connectivity index (χ0v) is 9.26. The number of carbonyl (C=O) groups is 1. The summed E-state index contributed by atoms with van der Waals surface area (Å²) in [4.78, 5) is 13.4. The van der Waals surface area contributed by atoms with Crippen molar-refractivity contribution in [2.24, 2.45) is 0 Å². The molecular weight excluding hydrogens is 214 g/mol. The molecule has 0 bridgehead atoms. The summed E-state index contributed by atoms with van der Waals surface area (Å²) in [6, 6.07) is 2.89. The minimum absolute atomic E-state index is 0.139. The Morgan fingerprint density at radius 1 is 1.38 bits per heavy atom. The topological polar surface area (TPSA) is 32.3 Å². The first-order valence-electron chi connectivity index (χ1n) is 4.88. The van der Waals surface area contributed by atoms with Crippen molar-refractivity contribution in [3.05, 3.63) is 35.4 Å². The van der Waals surface area contributed by atoms with Crippen molar-refractivity contribution in [3.63, 3.8) is 0 Å². The largest absolute Gasteiger partial charge is 0.351 e. The van der Waals surface area contributed by atoms with Gasteiger partial charge in [-0.05, 0) is 26.2 Å². The third-order valence-corrected chi connectivity index (χ3v) is 2.02. The lowest BCUT2D eigenvalue weighted by Gasteiger charge is -2.10. The maximum absolute atomic E-state index is 13.2. The molecule has 0 spiro atoms.